The number of aromatic nitrogens is 3. The number of carbonyl (C=O) groups excluding carboxylic acids is 2. The predicted octanol–water partition coefficient (Wildman–Crippen LogP) is 3.95. The number of alkyl halides is 3. The van der Waals surface area contributed by atoms with E-state index in [4.69, 9.17) is 0 Å². The maximum absolute atomic E-state index is 14.3. The molecule has 1 amide bonds. The summed E-state index contributed by atoms with van der Waals surface area (Å²) < 4.78 is 53.7. The molecule has 0 spiro atoms. The average Bonchev–Trinajstić information content (AvgIpc) is 3.27. The first-order chi connectivity index (χ1) is 16.4. The third-order valence-corrected chi connectivity index (χ3v) is 5.87. The van der Waals surface area contributed by atoms with Crippen LogP contribution < -0.4 is 4.90 Å². The van der Waals surface area contributed by atoms with Crippen molar-refractivity contribution >= 4 is 17.4 Å². The van der Waals surface area contributed by atoms with Crippen LogP contribution >= 0.6 is 0 Å². The van der Waals surface area contributed by atoms with Gasteiger partial charge in [-0.1, -0.05) is 37.3 Å². The van der Waals surface area contributed by atoms with Crippen LogP contribution in [-0.2, 0) is 23.1 Å². The van der Waals surface area contributed by atoms with Gasteiger partial charge in [0.15, 0.2) is 0 Å². The molecule has 184 valence electrons. The summed E-state index contributed by atoms with van der Waals surface area (Å²) in [6.45, 7) is 3.88. The van der Waals surface area contributed by atoms with Crippen molar-refractivity contribution in [1.29, 1.82) is 0 Å². The zero-order chi connectivity index (χ0) is 25.5. The van der Waals surface area contributed by atoms with E-state index in [1.165, 1.54) is 11.0 Å². The highest BCUT2D eigenvalue weighted by Gasteiger charge is 2.55. The molecule has 0 bridgehead atoms. The molecule has 35 heavy (non-hydrogen) atoms. The molecule has 2 heterocycles. The summed E-state index contributed by atoms with van der Waals surface area (Å²) >= 11 is 0. The van der Waals surface area contributed by atoms with E-state index in [0.717, 1.165) is 23.0 Å². The van der Waals surface area contributed by atoms with Crippen LogP contribution in [0.3, 0.4) is 0 Å². The zero-order valence-corrected chi connectivity index (χ0v) is 18.9. The predicted molar refractivity (Wildman–Crippen MR) is 117 cm³/mol. The lowest BCUT2D eigenvalue weighted by Gasteiger charge is -2.37. The molecular formula is C24H22F4N4O3. The minimum absolute atomic E-state index is 0.119. The Hall–Kier alpha value is -3.60. The lowest BCUT2D eigenvalue weighted by atomic mass is 9.83. The minimum Gasteiger partial charge on any atom is -0.368 e. The topological polar surface area (TPSA) is 88.3 Å². The molecule has 1 aromatic heterocycles. The van der Waals surface area contributed by atoms with Gasteiger partial charge in [0.05, 0.1) is 24.0 Å². The van der Waals surface area contributed by atoms with Crippen molar-refractivity contribution in [2.75, 3.05) is 11.4 Å². The van der Waals surface area contributed by atoms with Gasteiger partial charge in [0.2, 0.25) is 5.78 Å². The molecule has 3 aromatic rings. The molecule has 7 nitrogen and oxygen atoms in total. The number of hydrogen-bond acceptors (Lipinski definition) is 5. The minimum atomic E-state index is -4.69. The van der Waals surface area contributed by atoms with Gasteiger partial charge in [-0.15, -0.1) is 5.10 Å². The normalized spacial score (nSPS) is 18.3. The largest absolute Gasteiger partial charge is 0.416 e. The number of amides is 1. The summed E-state index contributed by atoms with van der Waals surface area (Å²) in [5.74, 6) is -2.60. The number of benzene rings is 2. The van der Waals surface area contributed by atoms with Crippen LogP contribution in [0.2, 0.25) is 0 Å². The highest BCUT2D eigenvalue weighted by molar-refractivity contribution is 6.26. The highest BCUT2D eigenvalue weighted by Crippen LogP contribution is 2.38. The van der Waals surface area contributed by atoms with E-state index in [1.807, 2.05) is 13.8 Å². The van der Waals surface area contributed by atoms with Crippen molar-refractivity contribution in [3.8, 4) is 0 Å². The van der Waals surface area contributed by atoms with E-state index in [0.29, 0.717) is 18.2 Å². The van der Waals surface area contributed by atoms with E-state index in [-0.39, 0.29) is 35.8 Å². The van der Waals surface area contributed by atoms with E-state index < -0.39 is 34.8 Å². The standard InChI is InChI=1S/C24H22F4N4O3/c1-14(2)9-10-32-19-6-4-3-5-17(19)21(33)23(35,22(32)34)20-13-31(30-29-20)12-15-7-8-16(11-18(15)25)24(26,27)28/h3-8,11,13-14,35H,9-10,12H2,1-2H3. The smallest absolute Gasteiger partial charge is 0.368 e. The summed E-state index contributed by atoms with van der Waals surface area (Å²) in [7, 11) is 0. The number of para-hydroxylation sites is 1. The maximum atomic E-state index is 14.3. The molecular weight excluding hydrogens is 468 g/mol. The molecule has 1 aliphatic heterocycles. The summed E-state index contributed by atoms with van der Waals surface area (Å²) in [6, 6.07) is 8.49. The monoisotopic (exact) mass is 490 g/mol. The number of fused-ring (bicyclic) bond motifs is 1. The molecule has 4 rings (SSSR count). The van der Waals surface area contributed by atoms with Crippen molar-refractivity contribution in [1.82, 2.24) is 15.0 Å². The summed E-state index contributed by atoms with van der Waals surface area (Å²) in [4.78, 5) is 28.0. The Labute approximate surface area is 198 Å². The van der Waals surface area contributed by atoms with Gasteiger partial charge >= 0.3 is 6.18 Å². The molecule has 0 saturated heterocycles. The molecule has 1 N–H and O–H groups in total. The number of ketones is 1. The number of anilines is 1. The second-order valence-corrected chi connectivity index (χ2v) is 8.80. The van der Waals surface area contributed by atoms with Gasteiger partial charge in [0.25, 0.3) is 11.5 Å². The number of aliphatic hydroxyl groups is 1. The first kappa shape index (κ1) is 24.5. The van der Waals surface area contributed by atoms with Gasteiger partial charge in [-0.3, -0.25) is 9.59 Å². The van der Waals surface area contributed by atoms with Crippen molar-refractivity contribution < 1.29 is 32.3 Å². The number of carbonyl (C=O) groups is 2. The van der Waals surface area contributed by atoms with Crippen LogP contribution in [0.15, 0.2) is 48.7 Å². The number of hydrogen-bond donors (Lipinski definition) is 1. The van der Waals surface area contributed by atoms with Gasteiger partial charge in [0.1, 0.15) is 11.5 Å². The number of halogens is 4. The van der Waals surface area contributed by atoms with Crippen molar-refractivity contribution in [2.24, 2.45) is 5.92 Å². The van der Waals surface area contributed by atoms with E-state index in [9.17, 15) is 32.3 Å². The second kappa shape index (κ2) is 8.88. The molecule has 1 atom stereocenters. The maximum Gasteiger partial charge on any atom is 0.416 e. The van der Waals surface area contributed by atoms with Gasteiger partial charge in [0, 0.05) is 17.7 Å². The molecule has 1 unspecified atom stereocenters. The highest BCUT2D eigenvalue weighted by atomic mass is 19.4. The fourth-order valence-electron chi connectivity index (χ4n) is 3.90. The Morgan fingerprint density at radius 1 is 1.11 bits per heavy atom. The third kappa shape index (κ3) is 4.43. The van der Waals surface area contributed by atoms with Crippen LogP contribution in [0.25, 0.3) is 0 Å². The lowest BCUT2D eigenvalue weighted by Crippen LogP contribution is -2.56. The Kier molecular flexibility index (Phi) is 6.22. The summed E-state index contributed by atoms with van der Waals surface area (Å²) in [5, 5.41) is 18.9. The number of nitrogens with zero attached hydrogens (tertiary/aromatic N) is 4. The van der Waals surface area contributed by atoms with Crippen LogP contribution in [0, 0.1) is 11.7 Å². The third-order valence-electron chi connectivity index (χ3n) is 5.87. The first-order valence-electron chi connectivity index (χ1n) is 10.9. The molecule has 0 radical (unpaired) electrons. The van der Waals surface area contributed by atoms with Crippen molar-refractivity contribution in [3.05, 3.63) is 76.9 Å². The van der Waals surface area contributed by atoms with Crippen LogP contribution in [0.5, 0.6) is 0 Å². The van der Waals surface area contributed by atoms with Gasteiger partial charge in [-0.25, -0.2) is 9.07 Å². The number of Topliss-reactive ketones (excluding diaryl/α,β-unsaturated/α-hetero) is 1. The van der Waals surface area contributed by atoms with E-state index >= 15 is 0 Å². The number of rotatable bonds is 6. The zero-order valence-electron chi connectivity index (χ0n) is 18.9. The Morgan fingerprint density at radius 2 is 1.83 bits per heavy atom. The quantitative estimate of drug-likeness (QED) is 0.418. The van der Waals surface area contributed by atoms with Crippen LogP contribution in [0.4, 0.5) is 23.2 Å². The second-order valence-electron chi connectivity index (χ2n) is 8.80. The van der Waals surface area contributed by atoms with Crippen molar-refractivity contribution in [3.63, 3.8) is 0 Å². The van der Waals surface area contributed by atoms with Gasteiger partial charge in [-0.05, 0) is 36.6 Å². The van der Waals surface area contributed by atoms with Crippen LogP contribution in [0.1, 0.15) is 47.4 Å². The lowest BCUT2D eigenvalue weighted by molar-refractivity contribution is -0.137. The molecule has 11 heteroatoms. The molecule has 1 aliphatic rings. The molecule has 0 aliphatic carbocycles. The summed E-state index contributed by atoms with van der Waals surface area (Å²) in [5.41, 5.74) is -3.74. The fourth-order valence-corrected chi connectivity index (χ4v) is 3.90. The molecule has 0 fully saturated rings. The van der Waals surface area contributed by atoms with Crippen molar-refractivity contribution in [2.45, 2.75) is 38.6 Å². The Bertz CT molecular complexity index is 1290. The fraction of sp³-hybridized carbons (Fsp3) is 0.333. The average molecular weight is 490 g/mol. The SMILES string of the molecule is CC(C)CCN1C(=O)C(O)(c2cn(Cc3ccc(C(F)(F)F)cc3F)nn2)C(=O)c2ccccc21. The summed E-state index contributed by atoms with van der Waals surface area (Å²) in [6.07, 6.45) is -2.96. The van der Waals surface area contributed by atoms with Gasteiger partial charge < -0.3 is 10.0 Å². The molecule has 0 saturated carbocycles. The van der Waals surface area contributed by atoms with E-state index in [1.54, 1.807) is 18.2 Å². The van der Waals surface area contributed by atoms with Crippen LogP contribution in [-0.4, -0.2) is 38.3 Å². The van der Waals surface area contributed by atoms with Gasteiger partial charge in [-0.2, -0.15) is 13.2 Å². The molecule has 2 aromatic carbocycles. The Balaban J connectivity index is 1.67. The van der Waals surface area contributed by atoms with E-state index in [2.05, 4.69) is 10.3 Å². The first-order valence-corrected chi connectivity index (χ1v) is 10.9. The Morgan fingerprint density at radius 3 is 2.49 bits per heavy atom.